The van der Waals surface area contributed by atoms with Gasteiger partial charge in [-0.2, -0.15) is 0 Å². The van der Waals surface area contributed by atoms with Gasteiger partial charge in [0, 0.05) is 20.1 Å². The van der Waals surface area contributed by atoms with Crippen molar-refractivity contribution in [2.75, 3.05) is 27.0 Å². The molecule has 0 fully saturated rings. The number of hydrogen-bond donors (Lipinski definition) is 2. The highest BCUT2D eigenvalue weighted by Crippen LogP contribution is 2.32. The van der Waals surface area contributed by atoms with Gasteiger partial charge in [-0.15, -0.1) is 0 Å². The van der Waals surface area contributed by atoms with Crippen LogP contribution in [-0.2, 0) is 16.1 Å². The zero-order valence-corrected chi connectivity index (χ0v) is 11.1. The summed E-state index contributed by atoms with van der Waals surface area (Å²) in [7, 11) is 1.46. The van der Waals surface area contributed by atoms with E-state index in [2.05, 4.69) is 5.32 Å². The summed E-state index contributed by atoms with van der Waals surface area (Å²) in [6.45, 7) is 0.345. The Hall–Kier alpha value is -2.28. The highest BCUT2D eigenvalue weighted by Gasteiger charge is 2.18. The van der Waals surface area contributed by atoms with E-state index < -0.39 is 11.8 Å². The highest BCUT2D eigenvalue weighted by molar-refractivity contribution is 6.34. The van der Waals surface area contributed by atoms with Crippen LogP contribution in [0.25, 0.3) is 0 Å². The first-order valence-corrected chi connectivity index (χ1v) is 6.14. The van der Waals surface area contributed by atoms with Gasteiger partial charge in [0.2, 0.25) is 6.79 Å². The summed E-state index contributed by atoms with van der Waals surface area (Å²) in [6, 6.07) is 5.30. The first-order chi connectivity index (χ1) is 9.61. The van der Waals surface area contributed by atoms with Crippen LogP contribution in [0.15, 0.2) is 18.2 Å². The number of aliphatic hydroxyl groups is 1. The summed E-state index contributed by atoms with van der Waals surface area (Å²) in [5.41, 5.74) is 0.806. The number of carbonyl (C=O) groups excluding carboxylic acids is 2. The van der Waals surface area contributed by atoms with Crippen molar-refractivity contribution in [3.8, 4) is 11.5 Å². The van der Waals surface area contributed by atoms with Crippen LogP contribution >= 0.6 is 0 Å². The van der Waals surface area contributed by atoms with Gasteiger partial charge < -0.3 is 24.8 Å². The predicted octanol–water partition coefficient (Wildman–Crippen LogP) is -0.518. The van der Waals surface area contributed by atoms with Gasteiger partial charge in [0.05, 0.1) is 6.61 Å². The molecule has 1 aromatic rings. The lowest BCUT2D eigenvalue weighted by atomic mass is 10.2. The minimum Gasteiger partial charge on any atom is -0.454 e. The molecular weight excluding hydrogens is 264 g/mol. The molecule has 7 nitrogen and oxygen atoms in total. The fourth-order valence-corrected chi connectivity index (χ4v) is 1.73. The lowest BCUT2D eigenvalue weighted by Crippen LogP contribution is -2.41. The SMILES string of the molecule is CN(CCO)C(=O)C(=O)NCc1ccc2c(c1)OCO2. The smallest absolute Gasteiger partial charge is 0.311 e. The molecule has 1 aromatic carbocycles. The van der Waals surface area contributed by atoms with Crippen molar-refractivity contribution in [2.24, 2.45) is 0 Å². The quantitative estimate of drug-likeness (QED) is 0.725. The predicted molar refractivity (Wildman–Crippen MR) is 69.1 cm³/mol. The molecular formula is C13H16N2O5. The molecule has 108 valence electrons. The minimum atomic E-state index is -0.710. The molecule has 0 atom stereocenters. The summed E-state index contributed by atoms with van der Waals surface area (Å²) < 4.78 is 10.4. The Kier molecular flexibility index (Phi) is 4.41. The maximum absolute atomic E-state index is 11.6. The standard InChI is InChI=1S/C13H16N2O5/c1-15(4-5-16)13(18)12(17)14-7-9-2-3-10-11(6-9)20-8-19-10/h2-3,6,16H,4-5,7-8H2,1H3,(H,14,17). The number of fused-ring (bicyclic) bond motifs is 1. The van der Waals surface area contributed by atoms with Crippen LogP contribution in [-0.4, -0.2) is 48.8 Å². The first kappa shape index (κ1) is 14.1. The molecule has 1 heterocycles. The number of aliphatic hydroxyl groups excluding tert-OH is 1. The molecule has 0 aliphatic carbocycles. The Bertz CT molecular complexity index is 517. The molecule has 0 saturated carbocycles. The van der Waals surface area contributed by atoms with Crippen molar-refractivity contribution in [3.05, 3.63) is 23.8 Å². The average Bonchev–Trinajstić information content (AvgIpc) is 2.91. The maximum atomic E-state index is 11.6. The molecule has 0 spiro atoms. The van der Waals surface area contributed by atoms with Crippen LogP contribution < -0.4 is 14.8 Å². The molecule has 2 rings (SSSR count). The van der Waals surface area contributed by atoms with E-state index in [0.29, 0.717) is 11.5 Å². The molecule has 0 aromatic heterocycles. The van der Waals surface area contributed by atoms with Gasteiger partial charge in [0.25, 0.3) is 0 Å². The Balaban J connectivity index is 1.88. The second-order valence-electron chi connectivity index (χ2n) is 4.32. The monoisotopic (exact) mass is 280 g/mol. The molecule has 0 bridgehead atoms. The van der Waals surface area contributed by atoms with Gasteiger partial charge in [-0.3, -0.25) is 9.59 Å². The number of nitrogens with zero attached hydrogens (tertiary/aromatic N) is 1. The largest absolute Gasteiger partial charge is 0.454 e. The fourth-order valence-electron chi connectivity index (χ4n) is 1.73. The number of amides is 2. The van der Waals surface area contributed by atoms with Crippen LogP contribution in [0.1, 0.15) is 5.56 Å². The summed E-state index contributed by atoms with van der Waals surface area (Å²) in [5, 5.41) is 11.2. The van der Waals surface area contributed by atoms with Gasteiger partial charge in [-0.25, -0.2) is 0 Å². The van der Waals surface area contributed by atoms with E-state index >= 15 is 0 Å². The highest BCUT2D eigenvalue weighted by atomic mass is 16.7. The minimum absolute atomic E-state index is 0.121. The number of carbonyl (C=O) groups is 2. The third-order valence-electron chi connectivity index (χ3n) is 2.87. The van der Waals surface area contributed by atoms with Crippen LogP contribution in [0.3, 0.4) is 0 Å². The summed E-state index contributed by atoms with van der Waals surface area (Å²) in [5.74, 6) is -0.0993. The third kappa shape index (κ3) is 3.18. The number of nitrogens with one attached hydrogen (secondary N) is 1. The number of hydrogen-bond acceptors (Lipinski definition) is 5. The summed E-state index contributed by atoms with van der Waals surface area (Å²) in [6.07, 6.45) is 0. The Morgan fingerprint density at radius 3 is 2.85 bits per heavy atom. The molecule has 0 saturated heterocycles. The average molecular weight is 280 g/mol. The molecule has 0 radical (unpaired) electrons. The molecule has 0 unspecified atom stereocenters. The lowest BCUT2D eigenvalue weighted by molar-refractivity contribution is -0.145. The van der Waals surface area contributed by atoms with Gasteiger partial charge in [0.1, 0.15) is 0 Å². The Labute approximate surface area is 116 Å². The van der Waals surface area contributed by atoms with Gasteiger partial charge in [-0.1, -0.05) is 6.07 Å². The molecule has 20 heavy (non-hydrogen) atoms. The molecule has 1 aliphatic heterocycles. The number of likely N-dealkylation sites (N-methyl/N-ethyl adjacent to an activating group) is 1. The van der Waals surface area contributed by atoms with Crippen molar-refractivity contribution in [1.82, 2.24) is 10.2 Å². The van der Waals surface area contributed by atoms with E-state index in [0.717, 1.165) is 10.5 Å². The third-order valence-corrected chi connectivity index (χ3v) is 2.87. The molecule has 7 heteroatoms. The number of ether oxygens (including phenoxy) is 2. The van der Waals surface area contributed by atoms with Crippen molar-refractivity contribution < 1.29 is 24.2 Å². The van der Waals surface area contributed by atoms with Crippen molar-refractivity contribution in [3.63, 3.8) is 0 Å². The second-order valence-corrected chi connectivity index (χ2v) is 4.32. The topological polar surface area (TPSA) is 88.1 Å². The van der Waals surface area contributed by atoms with Gasteiger partial charge in [0.15, 0.2) is 11.5 Å². The normalized spacial score (nSPS) is 12.1. The van der Waals surface area contributed by atoms with Crippen LogP contribution in [0.4, 0.5) is 0 Å². The number of rotatable bonds is 4. The van der Waals surface area contributed by atoms with Crippen LogP contribution in [0.2, 0.25) is 0 Å². The summed E-state index contributed by atoms with van der Waals surface area (Å²) in [4.78, 5) is 24.4. The first-order valence-electron chi connectivity index (χ1n) is 6.14. The molecule has 1 aliphatic rings. The van der Waals surface area contributed by atoms with Gasteiger partial charge in [-0.05, 0) is 17.7 Å². The van der Waals surface area contributed by atoms with Gasteiger partial charge >= 0.3 is 11.8 Å². The van der Waals surface area contributed by atoms with E-state index in [-0.39, 0.29) is 26.5 Å². The summed E-state index contributed by atoms with van der Waals surface area (Å²) >= 11 is 0. The zero-order valence-electron chi connectivity index (χ0n) is 11.1. The van der Waals surface area contributed by atoms with E-state index in [9.17, 15) is 9.59 Å². The van der Waals surface area contributed by atoms with E-state index in [4.69, 9.17) is 14.6 Å². The van der Waals surface area contributed by atoms with Crippen LogP contribution in [0.5, 0.6) is 11.5 Å². The van der Waals surface area contributed by atoms with E-state index in [1.165, 1.54) is 7.05 Å². The Morgan fingerprint density at radius 2 is 2.10 bits per heavy atom. The lowest BCUT2D eigenvalue weighted by Gasteiger charge is -2.15. The van der Waals surface area contributed by atoms with E-state index in [1.807, 2.05) is 0 Å². The van der Waals surface area contributed by atoms with Crippen molar-refractivity contribution in [2.45, 2.75) is 6.54 Å². The van der Waals surface area contributed by atoms with E-state index in [1.54, 1.807) is 18.2 Å². The van der Waals surface area contributed by atoms with Crippen molar-refractivity contribution in [1.29, 1.82) is 0 Å². The maximum Gasteiger partial charge on any atom is 0.311 e. The second kappa shape index (κ2) is 6.25. The van der Waals surface area contributed by atoms with Crippen LogP contribution in [0, 0.1) is 0 Å². The molecule has 2 amide bonds. The molecule has 2 N–H and O–H groups in total. The fraction of sp³-hybridized carbons (Fsp3) is 0.385. The number of benzene rings is 1. The Morgan fingerprint density at radius 1 is 1.35 bits per heavy atom. The zero-order chi connectivity index (χ0) is 14.5. The van der Waals surface area contributed by atoms with Crippen molar-refractivity contribution >= 4 is 11.8 Å².